The number of carbonyl (C=O) groups is 2. The van der Waals surface area contributed by atoms with E-state index in [2.05, 4.69) is 22.2 Å². The number of halogens is 2. The lowest BCUT2D eigenvalue weighted by molar-refractivity contribution is -0.144. The van der Waals surface area contributed by atoms with Crippen LogP contribution in [0.15, 0.2) is 60.7 Å². The largest absolute Gasteiger partial charge is 0.480 e. The SMILES string of the molecule is C.CN1CCN(C)C(C(=O)Nc2ccccc2)C1.CN1CCN(C)C(C(=O)O)C1.ClCCl.Nc1ccccc1. The fourth-order valence-electron chi connectivity index (χ4n) is 3.77. The van der Waals surface area contributed by atoms with Crippen molar-refractivity contribution in [3.63, 3.8) is 0 Å². The van der Waals surface area contributed by atoms with E-state index in [1.165, 1.54) is 0 Å². The molecule has 2 unspecified atom stereocenters. The van der Waals surface area contributed by atoms with E-state index in [1.54, 1.807) is 0 Å². The summed E-state index contributed by atoms with van der Waals surface area (Å²) in [4.78, 5) is 31.0. The minimum atomic E-state index is -0.723. The van der Waals surface area contributed by atoms with E-state index in [1.807, 2.05) is 91.6 Å². The minimum Gasteiger partial charge on any atom is -0.480 e. The lowest BCUT2D eigenvalue weighted by atomic mass is 10.1. The van der Waals surface area contributed by atoms with E-state index in [-0.39, 0.29) is 30.8 Å². The number of hydrogen-bond acceptors (Lipinski definition) is 7. The molecule has 2 aliphatic rings. The second-order valence-electron chi connectivity index (χ2n) is 9.22. The third kappa shape index (κ3) is 15.1. The highest BCUT2D eigenvalue weighted by atomic mass is 35.5. The van der Waals surface area contributed by atoms with Gasteiger partial charge in [-0.15, -0.1) is 23.2 Å². The highest BCUT2D eigenvalue weighted by Crippen LogP contribution is 2.11. The van der Waals surface area contributed by atoms with Gasteiger partial charge in [-0.3, -0.25) is 19.4 Å². The maximum atomic E-state index is 12.1. The van der Waals surface area contributed by atoms with E-state index in [0.717, 1.165) is 44.1 Å². The van der Waals surface area contributed by atoms with Gasteiger partial charge in [0.1, 0.15) is 12.1 Å². The molecule has 2 aromatic rings. The van der Waals surface area contributed by atoms with Gasteiger partial charge in [-0.1, -0.05) is 43.8 Å². The Morgan fingerprint density at radius 1 is 0.821 bits per heavy atom. The van der Waals surface area contributed by atoms with Crippen molar-refractivity contribution in [1.82, 2.24) is 19.6 Å². The number of carboxylic acid groups (broad SMARTS) is 1. The molecule has 0 bridgehead atoms. The molecule has 2 aromatic carbocycles. The maximum Gasteiger partial charge on any atom is 0.322 e. The van der Waals surface area contributed by atoms with Gasteiger partial charge in [0.05, 0.1) is 5.34 Å². The zero-order chi connectivity index (χ0) is 28.5. The molecule has 0 aliphatic carbocycles. The number of hydrogen-bond donors (Lipinski definition) is 3. The Morgan fingerprint density at radius 2 is 1.23 bits per heavy atom. The van der Waals surface area contributed by atoms with Gasteiger partial charge in [-0.05, 0) is 52.5 Å². The predicted octanol–water partition coefficient (Wildman–Crippen LogP) is 3.51. The van der Waals surface area contributed by atoms with Crippen LogP contribution in [0.1, 0.15) is 7.43 Å². The second-order valence-corrected chi connectivity index (χ2v) is 10.0. The Morgan fingerprint density at radius 3 is 1.62 bits per heavy atom. The molecule has 4 rings (SSSR count). The number of carboxylic acids is 1. The van der Waals surface area contributed by atoms with Gasteiger partial charge in [0, 0.05) is 50.6 Å². The van der Waals surface area contributed by atoms with Crippen LogP contribution >= 0.6 is 23.2 Å². The van der Waals surface area contributed by atoms with Crippen LogP contribution in [0.25, 0.3) is 0 Å². The monoisotopic (exact) mass is 584 g/mol. The van der Waals surface area contributed by atoms with Crippen LogP contribution < -0.4 is 11.1 Å². The Kier molecular flexibility index (Phi) is 19.2. The highest BCUT2D eigenvalue weighted by molar-refractivity contribution is 6.40. The van der Waals surface area contributed by atoms with Gasteiger partial charge in [0.2, 0.25) is 5.91 Å². The number of benzene rings is 2. The van der Waals surface area contributed by atoms with Crippen LogP contribution in [0.5, 0.6) is 0 Å². The van der Waals surface area contributed by atoms with E-state index >= 15 is 0 Å². The number of alkyl halides is 2. The molecule has 2 aliphatic heterocycles. The first-order chi connectivity index (χ1) is 18.1. The van der Waals surface area contributed by atoms with Gasteiger partial charge < -0.3 is 26.0 Å². The van der Waals surface area contributed by atoms with Crippen LogP contribution in [-0.4, -0.2) is 121 Å². The van der Waals surface area contributed by atoms with Crippen molar-refractivity contribution in [3.05, 3.63) is 60.7 Å². The topological polar surface area (TPSA) is 105 Å². The van der Waals surface area contributed by atoms with Crippen LogP contribution in [0, 0.1) is 0 Å². The summed E-state index contributed by atoms with van der Waals surface area (Å²) in [5.74, 6) is -0.649. The van der Waals surface area contributed by atoms with Gasteiger partial charge in [0.25, 0.3) is 0 Å². The average molecular weight is 586 g/mol. The first-order valence-electron chi connectivity index (χ1n) is 12.4. The van der Waals surface area contributed by atoms with Crippen molar-refractivity contribution >= 4 is 46.5 Å². The number of nitrogens with two attached hydrogens (primary N) is 1. The van der Waals surface area contributed by atoms with Gasteiger partial charge >= 0.3 is 5.97 Å². The Bertz CT molecular complexity index is 926. The van der Waals surface area contributed by atoms with Crippen molar-refractivity contribution in [2.24, 2.45) is 0 Å². The maximum absolute atomic E-state index is 12.1. The number of rotatable bonds is 3. The number of nitrogens with zero attached hydrogens (tertiary/aromatic N) is 4. The molecule has 2 atom stereocenters. The molecule has 2 saturated heterocycles. The number of carbonyl (C=O) groups excluding carboxylic acids is 1. The number of aliphatic carboxylic acids is 1. The summed E-state index contributed by atoms with van der Waals surface area (Å²) >= 11 is 9.53. The molecular formula is C28H46Cl2N6O3. The van der Waals surface area contributed by atoms with E-state index < -0.39 is 5.97 Å². The molecule has 0 saturated carbocycles. The van der Waals surface area contributed by atoms with Crippen molar-refractivity contribution in [3.8, 4) is 0 Å². The molecular weight excluding hydrogens is 539 g/mol. The first-order valence-corrected chi connectivity index (χ1v) is 13.4. The molecule has 2 heterocycles. The fraction of sp³-hybridized carbons (Fsp3) is 0.500. The van der Waals surface area contributed by atoms with E-state index in [9.17, 15) is 9.59 Å². The van der Waals surface area contributed by atoms with Crippen LogP contribution in [0.4, 0.5) is 11.4 Å². The van der Waals surface area contributed by atoms with Crippen molar-refractivity contribution in [2.45, 2.75) is 19.5 Å². The summed E-state index contributed by atoms with van der Waals surface area (Å²) in [7, 11) is 7.85. The lowest BCUT2D eigenvalue weighted by Crippen LogP contribution is -2.55. The highest BCUT2D eigenvalue weighted by Gasteiger charge is 2.28. The summed E-state index contributed by atoms with van der Waals surface area (Å²) in [6.07, 6.45) is 0. The molecule has 39 heavy (non-hydrogen) atoms. The number of anilines is 2. The number of amides is 1. The molecule has 4 N–H and O–H groups in total. The smallest absolute Gasteiger partial charge is 0.322 e. The molecule has 1 amide bonds. The molecule has 11 heteroatoms. The van der Waals surface area contributed by atoms with E-state index in [4.69, 9.17) is 34.0 Å². The van der Waals surface area contributed by atoms with Crippen molar-refractivity contribution in [1.29, 1.82) is 0 Å². The number of para-hydroxylation sites is 2. The van der Waals surface area contributed by atoms with Crippen LogP contribution in [0.3, 0.4) is 0 Å². The van der Waals surface area contributed by atoms with Gasteiger partial charge in [-0.25, -0.2) is 0 Å². The average Bonchev–Trinajstić information content (AvgIpc) is 2.89. The van der Waals surface area contributed by atoms with Crippen LogP contribution in [-0.2, 0) is 9.59 Å². The van der Waals surface area contributed by atoms with Gasteiger partial charge in [-0.2, -0.15) is 0 Å². The quantitative estimate of drug-likeness (QED) is 0.372. The molecule has 0 aromatic heterocycles. The second kappa shape index (κ2) is 20.5. The molecule has 9 nitrogen and oxygen atoms in total. The fourth-order valence-corrected chi connectivity index (χ4v) is 3.77. The summed E-state index contributed by atoms with van der Waals surface area (Å²) < 4.78 is 0. The van der Waals surface area contributed by atoms with Gasteiger partial charge in [0.15, 0.2) is 0 Å². The zero-order valence-corrected chi connectivity index (χ0v) is 24.3. The Hall–Kier alpha value is -2.40. The van der Waals surface area contributed by atoms with Crippen LogP contribution in [0.2, 0.25) is 0 Å². The van der Waals surface area contributed by atoms with Crippen molar-refractivity contribution in [2.75, 3.05) is 83.8 Å². The molecule has 220 valence electrons. The number of nitrogens with one attached hydrogen (secondary N) is 1. The van der Waals surface area contributed by atoms with E-state index in [0.29, 0.717) is 6.54 Å². The third-order valence-corrected chi connectivity index (χ3v) is 6.13. The summed E-state index contributed by atoms with van der Waals surface area (Å²) in [6, 6.07) is 18.7. The minimum absolute atomic E-state index is 0. The molecule has 2 fully saturated rings. The van der Waals surface area contributed by atoms with Crippen molar-refractivity contribution < 1.29 is 14.7 Å². The zero-order valence-electron chi connectivity index (χ0n) is 22.8. The number of piperazine rings is 2. The first kappa shape index (κ1) is 36.6. The lowest BCUT2D eigenvalue weighted by Gasteiger charge is -2.36. The number of nitrogen functional groups attached to an aromatic ring is 1. The summed E-state index contributed by atoms with van der Waals surface area (Å²) in [5.41, 5.74) is 7.04. The standard InChI is InChI=1S/C13H19N3O.C7H14N2O2.C6H7N.CH2Cl2.CH4/c1-15-8-9-16(2)12(10-15)13(17)14-11-6-4-3-5-7-11;1-8-3-4-9(2)6(5-8)7(10)11;7-6-4-2-1-3-5-6;2-1-3;/h3-7,12H,8-10H2,1-2H3,(H,14,17);6H,3-5H2,1-2H3,(H,10,11);1-5H,7H2;1H2;1H4. The Labute approximate surface area is 244 Å². The Balaban J connectivity index is 0.000000564. The predicted molar refractivity (Wildman–Crippen MR) is 165 cm³/mol. The summed E-state index contributed by atoms with van der Waals surface area (Å²) in [6.45, 7) is 5.17. The third-order valence-electron chi connectivity index (χ3n) is 6.13. The summed E-state index contributed by atoms with van der Waals surface area (Å²) in [5, 5.41) is 11.9. The normalized spacial score (nSPS) is 19.8. The number of likely N-dealkylation sites (N-methyl/N-ethyl adjacent to an activating group) is 4. The molecule has 0 radical (unpaired) electrons. The molecule has 0 spiro atoms.